The summed E-state index contributed by atoms with van der Waals surface area (Å²) >= 11 is 0. The van der Waals surface area contributed by atoms with Crippen molar-refractivity contribution in [3.05, 3.63) is 35.5 Å². The number of hydrogen-bond donors (Lipinski definition) is 2. The highest BCUT2D eigenvalue weighted by molar-refractivity contribution is 6.06. The van der Waals surface area contributed by atoms with Crippen molar-refractivity contribution < 1.29 is 9.59 Å². The van der Waals surface area contributed by atoms with E-state index in [0.29, 0.717) is 6.42 Å². The Morgan fingerprint density at radius 3 is 2.85 bits per heavy atom. The number of para-hydroxylation sites is 1. The van der Waals surface area contributed by atoms with Crippen molar-refractivity contribution in [2.75, 3.05) is 6.54 Å². The average Bonchev–Trinajstić information content (AvgIpc) is 3.20. The number of fused-ring (bicyclic) bond motifs is 4. The van der Waals surface area contributed by atoms with Gasteiger partial charge in [-0.15, -0.1) is 0 Å². The van der Waals surface area contributed by atoms with Crippen molar-refractivity contribution in [3.63, 3.8) is 0 Å². The summed E-state index contributed by atoms with van der Waals surface area (Å²) in [6.45, 7) is 5.20. The third-order valence-corrected chi connectivity index (χ3v) is 7.80. The Kier molecular flexibility index (Phi) is 2.37. The van der Waals surface area contributed by atoms with E-state index in [1.807, 2.05) is 17.0 Å². The zero-order valence-electron chi connectivity index (χ0n) is 15.2. The van der Waals surface area contributed by atoms with Crippen molar-refractivity contribution in [3.8, 4) is 0 Å². The standard InChI is InChI=1S/C21H23N3O2/c1-19(2)15-11-20-8-5-9-24(20)18(26)21(15,23-17(20)25)10-13-12-6-3-4-7-14(12)22-16(13)19/h3-4,6-7,15,22H,5,8-11H2,1-2H3,(H,23,25)/t15-,20+,21+/m0/s1. The third kappa shape index (κ3) is 1.36. The predicted octanol–water partition coefficient (Wildman–Crippen LogP) is 2.25. The van der Waals surface area contributed by atoms with Crippen molar-refractivity contribution in [2.24, 2.45) is 5.92 Å². The van der Waals surface area contributed by atoms with Gasteiger partial charge in [-0.25, -0.2) is 0 Å². The molecule has 0 saturated carbocycles. The molecule has 134 valence electrons. The number of hydrogen-bond acceptors (Lipinski definition) is 2. The maximum Gasteiger partial charge on any atom is 0.249 e. The lowest BCUT2D eigenvalue weighted by molar-refractivity contribution is -0.179. The molecule has 26 heavy (non-hydrogen) atoms. The van der Waals surface area contributed by atoms with E-state index in [4.69, 9.17) is 0 Å². The molecule has 4 saturated heterocycles. The molecule has 2 spiro atoms. The first kappa shape index (κ1) is 14.8. The molecule has 0 unspecified atom stereocenters. The van der Waals surface area contributed by atoms with Crippen molar-refractivity contribution in [1.29, 1.82) is 0 Å². The van der Waals surface area contributed by atoms with Crippen LogP contribution in [0.15, 0.2) is 24.3 Å². The van der Waals surface area contributed by atoms with Crippen molar-refractivity contribution in [1.82, 2.24) is 15.2 Å². The molecule has 4 fully saturated rings. The van der Waals surface area contributed by atoms with E-state index in [2.05, 4.69) is 36.3 Å². The first-order chi connectivity index (χ1) is 12.4. The maximum atomic E-state index is 13.6. The van der Waals surface area contributed by atoms with Crippen molar-refractivity contribution >= 4 is 22.7 Å². The number of benzene rings is 1. The first-order valence-corrected chi connectivity index (χ1v) is 9.65. The number of piperidine rings is 2. The molecule has 4 aliphatic heterocycles. The van der Waals surface area contributed by atoms with Crippen LogP contribution in [-0.4, -0.2) is 39.3 Å². The maximum absolute atomic E-state index is 13.6. The molecule has 5 heterocycles. The molecule has 5 nitrogen and oxygen atoms in total. The Labute approximate surface area is 152 Å². The molecule has 1 aromatic carbocycles. The number of aromatic nitrogens is 1. The Morgan fingerprint density at radius 1 is 1.19 bits per heavy atom. The van der Waals surface area contributed by atoms with Crippen molar-refractivity contribution in [2.45, 2.75) is 56.0 Å². The van der Waals surface area contributed by atoms with Gasteiger partial charge >= 0.3 is 0 Å². The highest BCUT2D eigenvalue weighted by Gasteiger charge is 2.72. The zero-order chi connectivity index (χ0) is 17.9. The van der Waals surface area contributed by atoms with E-state index in [-0.39, 0.29) is 23.1 Å². The summed E-state index contributed by atoms with van der Waals surface area (Å²) in [5.74, 6) is 0.343. The molecule has 5 aliphatic rings. The lowest BCUT2D eigenvalue weighted by Crippen LogP contribution is -2.84. The first-order valence-electron chi connectivity index (χ1n) is 9.65. The van der Waals surface area contributed by atoms with Crippen LogP contribution in [0.5, 0.6) is 0 Å². The Morgan fingerprint density at radius 2 is 2.00 bits per heavy atom. The fourth-order valence-electron chi connectivity index (χ4n) is 6.58. The van der Waals surface area contributed by atoms with Crippen LogP contribution in [0.2, 0.25) is 0 Å². The van der Waals surface area contributed by atoms with Crippen LogP contribution in [0.3, 0.4) is 0 Å². The Bertz CT molecular complexity index is 1010. The van der Waals surface area contributed by atoms with Gasteiger partial charge in [-0.2, -0.15) is 0 Å². The molecule has 2 bridgehead atoms. The van der Waals surface area contributed by atoms with E-state index in [9.17, 15) is 9.59 Å². The number of H-pyrrole nitrogens is 1. The number of amides is 2. The van der Waals surface area contributed by atoms with Crippen LogP contribution in [0.4, 0.5) is 0 Å². The quantitative estimate of drug-likeness (QED) is 0.766. The molecule has 1 aromatic heterocycles. The molecule has 5 heteroatoms. The zero-order valence-corrected chi connectivity index (χ0v) is 15.2. The minimum Gasteiger partial charge on any atom is -0.358 e. The molecule has 2 amide bonds. The Balaban J connectivity index is 1.64. The molecule has 2 aromatic rings. The lowest BCUT2D eigenvalue weighted by atomic mass is 9.51. The van der Waals surface area contributed by atoms with E-state index in [1.165, 1.54) is 16.6 Å². The fraction of sp³-hybridized carbons (Fsp3) is 0.524. The van der Waals surface area contributed by atoms with Crippen LogP contribution in [-0.2, 0) is 21.4 Å². The summed E-state index contributed by atoms with van der Waals surface area (Å²) in [7, 11) is 0. The number of rotatable bonds is 0. The molecule has 7 rings (SSSR count). The number of carbonyl (C=O) groups is 2. The summed E-state index contributed by atoms with van der Waals surface area (Å²) in [4.78, 5) is 32.2. The van der Waals surface area contributed by atoms with Gasteiger partial charge in [-0.3, -0.25) is 9.59 Å². The van der Waals surface area contributed by atoms with Gasteiger partial charge in [0.05, 0.1) is 0 Å². The van der Waals surface area contributed by atoms with Gasteiger partial charge in [0.15, 0.2) is 0 Å². The van der Waals surface area contributed by atoms with Gasteiger partial charge in [0.1, 0.15) is 11.1 Å². The Hall–Kier alpha value is -2.30. The molecule has 1 aliphatic carbocycles. The molecule has 3 atom stereocenters. The average molecular weight is 349 g/mol. The normalized spacial score (nSPS) is 36.7. The van der Waals surface area contributed by atoms with Crippen LogP contribution >= 0.6 is 0 Å². The lowest BCUT2D eigenvalue weighted by Gasteiger charge is -2.64. The summed E-state index contributed by atoms with van der Waals surface area (Å²) in [5.41, 5.74) is 1.97. The van der Waals surface area contributed by atoms with Gasteiger partial charge in [-0.05, 0) is 30.9 Å². The summed E-state index contributed by atoms with van der Waals surface area (Å²) < 4.78 is 0. The number of nitrogens with one attached hydrogen (secondary N) is 2. The number of nitrogens with zero attached hydrogens (tertiary/aromatic N) is 1. The fourth-order valence-corrected chi connectivity index (χ4v) is 6.58. The van der Waals surface area contributed by atoms with Crippen LogP contribution in [0.25, 0.3) is 10.9 Å². The highest BCUT2D eigenvalue weighted by Crippen LogP contribution is 2.59. The van der Waals surface area contributed by atoms with Crippen LogP contribution in [0, 0.1) is 5.92 Å². The molecule has 0 radical (unpaired) electrons. The van der Waals surface area contributed by atoms with Gasteiger partial charge < -0.3 is 15.2 Å². The topological polar surface area (TPSA) is 65.2 Å². The third-order valence-electron chi connectivity index (χ3n) is 7.80. The number of piperazine rings is 1. The smallest absolute Gasteiger partial charge is 0.249 e. The summed E-state index contributed by atoms with van der Waals surface area (Å²) in [6, 6.07) is 8.30. The SMILES string of the molecule is CC1(C)c2[nH]c3ccccc3c2C[C@]23NC(=O)[C@@]4(CCCN4C2=O)C[C@@H]13. The van der Waals surface area contributed by atoms with Gasteiger partial charge in [0.2, 0.25) is 11.8 Å². The number of aromatic amines is 1. The summed E-state index contributed by atoms with van der Waals surface area (Å²) in [5, 5.41) is 4.43. The number of carbonyl (C=O) groups excluding carboxylic acids is 2. The summed E-state index contributed by atoms with van der Waals surface area (Å²) in [6.07, 6.45) is 3.10. The van der Waals surface area contributed by atoms with Crippen LogP contribution < -0.4 is 5.32 Å². The monoisotopic (exact) mass is 349 g/mol. The van der Waals surface area contributed by atoms with E-state index >= 15 is 0 Å². The molecule has 2 N–H and O–H groups in total. The second kappa shape index (κ2) is 4.16. The molecular weight excluding hydrogens is 326 g/mol. The van der Waals surface area contributed by atoms with Crippen LogP contribution in [0.1, 0.15) is 44.4 Å². The second-order valence-corrected chi connectivity index (χ2v) is 9.20. The molecular formula is C21H23N3O2. The van der Waals surface area contributed by atoms with Gasteiger partial charge in [-0.1, -0.05) is 32.0 Å². The van der Waals surface area contributed by atoms with E-state index < -0.39 is 11.1 Å². The highest BCUT2D eigenvalue weighted by atomic mass is 16.2. The minimum atomic E-state index is -0.787. The van der Waals surface area contributed by atoms with Gasteiger partial charge in [0, 0.05) is 40.9 Å². The van der Waals surface area contributed by atoms with E-state index in [0.717, 1.165) is 31.3 Å². The van der Waals surface area contributed by atoms with Gasteiger partial charge in [0.25, 0.3) is 0 Å². The minimum absolute atomic E-state index is 0.0740. The second-order valence-electron chi connectivity index (χ2n) is 9.20. The predicted molar refractivity (Wildman–Crippen MR) is 97.7 cm³/mol. The van der Waals surface area contributed by atoms with E-state index in [1.54, 1.807) is 0 Å². The largest absolute Gasteiger partial charge is 0.358 e.